The number of fused-ring (bicyclic) bond motifs is 2. The van der Waals surface area contributed by atoms with Crippen LogP contribution in [0, 0.1) is 0 Å². The Hall–Kier alpha value is -2.54. The van der Waals surface area contributed by atoms with E-state index < -0.39 is 29.7 Å². The normalized spacial score (nSPS) is 25.6. The molecule has 4 rings (SSSR count). The van der Waals surface area contributed by atoms with Crippen LogP contribution in [0.1, 0.15) is 59.8 Å². The molecular formula is C22H23F3N2O2. The Kier molecular flexibility index (Phi) is 4.42. The number of benzene rings is 2. The molecule has 1 amide bonds. The molecule has 0 saturated heterocycles. The van der Waals surface area contributed by atoms with Gasteiger partial charge in [0.2, 0.25) is 0 Å². The summed E-state index contributed by atoms with van der Waals surface area (Å²) < 4.78 is 42.4. The Balaban J connectivity index is 1.83. The molecule has 1 aliphatic heterocycles. The Morgan fingerprint density at radius 3 is 2.59 bits per heavy atom. The summed E-state index contributed by atoms with van der Waals surface area (Å²) in [5.74, 6) is -0.195. The number of halogens is 3. The number of hydrogen-bond acceptors (Lipinski definition) is 3. The number of aliphatic hydroxyl groups is 1. The molecule has 2 aromatic carbocycles. The van der Waals surface area contributed by atoms with Gasteiger partial charge < -0.3 is 15.7 Å². The molecule has 7 heteroatoms. The minimum absolute atomic E-state index is 0.195. The van der Waals surface area contributed by atoms with Gasteiger partial charge in [-0.25, -0.2) is 0 Å². The Morgan fingerprint density at radius 1 is 1.14 bits per heavy atom. The van der Waals surface area contributed by atoms with Crippen molar-refractivity contribution in [2.45, 2.75) is 56.5 Å². The van der Waals surface area contributed by atoms with E-state index >= 15 is 0 Å². The van der Waals surface area contributed by atoms with E-state index in [1.54, 1.807) is 30.3 Å². The zero-order chi connectivity index (χ0) is 21.0. The number of carbonyl (C=O) groups is 1. The molecule has 0 bridgehead atoms. The average molecular weight is 404 g/mol. The number of anilines is 1. The summed E-state index contributed by atoms with van der Waals surface area (Å²) >= 11 is 0. The number of nitrogens with one attached hydrogen (secondary N) is 2. The van der Waals surface area contributed by atoms with E-state index in [1.807, 2.05) is 26.0 Å². The van der Waals surface area contributed by atoms with Gasteiger partial charge in [-0.1, -0.05) is 38.1 Å². The maximum Gasteiger partial charge on any atom is 0.419 e. The topological polar surface area (TPSA) is 61.4 Å². The van der Waals surface area contributed by atoms with Crippen LogP contribution in [0.3, 0.4) is 0 Å². The van der Waals surface area contributed by atoms with Gasteiger partial charge in [0, 0.05) is 17.8 Å². The molecule has 29 heavy (non-hydrogen) atoms. The van der Waals surface area contributed by atoms with Crippen LogP contribution in [-0.2, 0) is 12.0 Å². The molecule has 4 nitrogen and oxygen atoms in total. The third-order valence-corrected chi connectivity index (χ3v) is 6.20. The zero-order valence-corrected chi connectivity index (χ0v) is 16.2. The van der Waals surface area contributed by atoms with Gasteiger partial charge in [0.1, 0.15) is 0 Å². The maximum atomic E-state index is 14.1. The number of alkyl halides is 3. The summed E-state index contributed by atoms with van der Waals surface area (Å²) in [7, 11) is 0. The lowest BCUT2D eigenvalue weighted by atomic mass is 9.79. The smallest absolute Gasteiger partial charge is 0.379 e. The lowest BCUT2D eigenvalue weighted by Crippen LogP contribution is -2.52. The monoisotopic (exact) mass is 404 g/mol. The molecule has 0 fully saturated rings. The van der Waals surface area contributed by atoms with Crippen molar-refractivity contribution in [2.75, 3.05) is 5.32 Å². The maximum absolute atomic E-state index is 14.1. The van der Waals surface area contributed by atoms with Gasteiger partial charge >= 0.3 is 6.18 Å². The molecular weight excluding hydrogens is 381 g/mol. The third kappa shape index (κ3) is 3.17. The molecule has 2 aliphatic rings. The van der Waals surface area contributed by atoms with Gasteiger partial charge in [0.05, 0.1) is 6.04 Å². The molecule has 1 heterocycles. The number of rotatable bonds is 2. The lowest BCUT2D eigenvalue weighted by Gasteiger charge is -2.38. The van der Waals surface area contributed by atoms with E-state index in [1.165, 1.54) is 0 Å². The van der Waals surface area contributed by atoms with E-state index in [9.17, 15) is 23.1 Å². The highest BCUT2D eigenvalue weighted by molar-refractivity contribution is 5.98. The number of carbonyl (C=O) groups excluding carboxylic acids is 1. The fraction of sp³-hybridized carbons (Fsp3) is 0.409. The van der Waals surface area contributed by atoms with Gasteiger partial charge in [-0.3, -0.25) is 4.79 Å². The van der Waals surface area contributed by atoms with Crippen molar-refractivity contribution in [2.24, 2.45) is 0 Å². The Labute approximate surface area is 167 Å². The van der Waals surface area contributed by atoms with Crippen molar-refractivity contribution < 1.29 is 23.1 Å². The second-order valence-electron chi connectivity index (χ2n) is 8.53. The van der Waals surface area contributed by atoms with E-state index in [2.05, 4.69) is 10.6 Å². The first kappa shape index (κ1) is 19.8. The molecule has 0 radical (unpaired) electrons. The standard InChI is InChI=1S/C22H23F3N2O2/c1-20(2)9-10-21(29,22(23,24)25)18(16-5-3-4-6-17(16)20)27-14-7-8-15-13(11-14)12-26-19(15)28/h3-8,11,18,27,29H,9-10,12H2,1-2H3,(H,26,28). The Morgan fingerprint density at radius 2 is 1.86 bits per heavy atom. The summed E-state index contributed by atoms with van der Waals surface area (Å²) in [5.41, 5.74) is -0.547. The van der Waals surface area contributed by atoms with Crippen molar-refractivity contribution in [1.82, 2.24) is 5.32 Å². The molecule has 154 valence electrons. The van der Waals surface area contributed by atoms with Crippen LogP contribution >= 0.6 is 0 Å². The van der Waals surface area contributed by atoms with Crippen LogP contribution in [0.4, 0.5) is 18.9 Å². The molecule has 2 unspecified atom stereocenters. The minimum atomic E-state index is -4.81. The minimum Gasteiger partial charge on any atom is -0.379 e. The summed E-state index contributed by atoms with van der Waals surface area (Å²) in [6, 6.07) is 10.5. The number of amides is 1. The molecule has 3 N–H and O–H groups in total. The van der Waals surface area contributed by atoms with E-state index in [-0.39, 0.29) is 12.3 Å². The summed E-state index contributed by atoms with van der Waals surface area (Å²) in [4.78, 5) is 11.8. The van der Waals surface area contributed by atoms with Crippen LogP contribution in [0.15, 0.2) is 42.5 Å². The first-order chi connectivity index (χ1) is 13.5. The van der Waals surface area contributed by atoms with Crippen molar-refractivity contribution in [1.29, 1.82) is 0 Å². The second kappa shape index (κ2) is 6.49. The fourth-order valence-corrected chi connectivity index (χ4v) is 4.40. The van der Waals surface area contributed by atoms with Gasteiger partial charge in [0.15, 0.2) is 5.60 Å². The highest BCUT2D eigenvalue weighted by Gasteiger charge is 2.60. The lowest BCUT2D eigenvalue weighted by molar-refractivity contribution is -0.269. The first-order valence-corrected chi connectivity index (χ1v) is 9.59. The highest BCUT2D eigenvalue weighted by Crippen LogP contribution is 2.51. The largest absolute Gasteiger partial charge is 0.419 e. The molecule has 1 aliphatic carbocycles. The number of hydrogen-bond donors (Lipinski definition) is 3. The van der Waals surface area contributed by atoms with Crippen LogP contribution in [0.2, 0.25) is 0 Å². The van der Waals surface area contributed by atoms with Gasteiger partial charge in [0.25, 0.3) is 5.91 Å². The van der Waals surface area contributed by atoms with E-state index in [4.69, 9.17) is 0 Å². The van der Waals surface area contributed by atoms with Crippen LogP contribution in [-0.4, -0.2) is 22.8 Å². The predicted molar refractivity (Wildman–Crippen MR) is 104 cm³/mol. The van der Waals surface area contributed by atoms with Gasteiger partial charge in [-0.2, -0.15) is 13.2 Å². The zero-order valence-electron chi connectivity index (χ0n) is 16.2. The van der Waals surface area contributed by atoms with Crippen LogP contribution in [0.5, 0.6) is 0 Å². The third-order valence-electron chi connectivity index (χ3n) is 6.20. The summed E-state index contributed by atoms with van der Waals surface area (Å²) in [6.45, 7) is 4.14. The second-order valence-corrected chi connectivity index (χ2v) is 8.53. The Bertz CT molecular complexity index is 971. The predicted octanol–water partition coefficient (Wildman–Crippen LogP) is 4.45. The van der Waals surface area contributed by atoms with Gasteiger partial charge in [-0.15, -0.1) is 0 Å². The van der Waals surface area contributed by atoms with Crippen LogP contribution in [0.25, 0.3) is 0 Å². The average Bonchev–Trinajstić information content (AvgIpc) is 3.00. The van der Waals surface area contributed by atoms with Crippen molar-refractivity contribution >= 4 is 11.6 Å². The first-order valence-electron chi connectivity index (χ1n) is 9.59. The molecule has 0 saturated carbocycles. The molecule has 2 atom stereocenters. The quantitative estimate of drug-likeness (QED) is 0.648. The van der Waals surface area contributed by atoms with E-state index in [0.29, 0.717) is 23.4 Å². The van der Waals surface area contributed by atoms with E-state index in [0.717, 1.165) is 11.1 Å². The molecule has 2 aromatic rings. The molecule has 0 aromatic heterocycles. The summed E-state index contributed by atoms with van der Waals surface area (Å²) in [5, 5.41) is 16.6. The van der Waals surface area contributed by atoms with Crippen molar-refractivity contribution in [3.8, 4) is 0 Å². The summed E-state index contributed by atoms with van der Waals surface area (Å²) in [6.07, 6.45) is -5.03. The molecule has 0 spiro atoms. The van der Waals surface area contributed by atoms with Crippen LogP contribution < -0.4 is 10.6 Å². The fourth-order valence-electron chi connectivity index (χ4n) is 4.40. The van der Waals surface area contributed by atoms with Gasteiger partial charge in [-0.05, 0) is 53.1 Å². The highest BCUT2D eigenvalue weighted by atomic mass is 19.4. The SMILES string of the molecule is CC1(C)CCC(O)(C(F)(F)F)C(Nc2ccc3c(c2)CNC3=O)c2ccccc21. The van der Waals surface area contributed by atoms with Crippen molar-refractivity contribution in [3.63, 3.8) is 0 Å². The van der Waals surface area contributed by atoms with Crippen molar-refractivity contribution in [3.05, 3.63) is 64.7 Å².